The summed E-state index contributed by atoms with van der Waals surface area (Å²) in [5.41, 5.74) is 2.35. The van der Waals surface area contributed by atoms with Gasteiger partial charge < -0.3 is 20.0 Å². The zero-order valence-electron chi connectivity index (χ0n) is 13.1. The van der Waals surface area contributed by atoms with Crippen molar-refractivity contribution in [1.82, 2.24) is 10.6 Å². The topological polar surface area (TPSA) is 52.8 Å². The van der Waals surface area contributed by atoms with E-state index in [1.54, 1.807) is 19.6 Å². The van der Waals surface area contributed by atoms with E-state index < -0.39 is 0 Å². The first-order valence-electron chi connectivity index (χ1n) is 7.74. The van der Waals surface area contributed by atoms with Crippen LogP contribution in [0.5, 0.6) is 0 Å². The number of aliphatic imine (C=N–C) groups is 1. The largest absolute Gasteiger partial charge is 0.472 e. The summed E-state index contributed by atoms with van der Waals surface area (Å²) in [6, 6.07) is 10.7. The third-order valence-corrected chi connectivity index (χ3v) is 4.66. The van der Waals surface area contributed by atoms with E-state index in [1.807, 2.05) is 12.1 Å². The third kappa shape index (κ3) is 4.07. The molecule has 0 saturated carbocycles. The van der Waals surface area contributed by atoms with Gasteiger partial charge in [-0.15, -0.1) is 0 Å². The molecule has 0 amide bonds. The minimum Gasteiger partial charge on any atom is -0.472 e. The highest BCUT2D eigenvalue weighted by molar-refractivity contribution is 9.10. The highest BCUT2D eigenvalue weighted by Gasteiger charge is 2.24. The second kappa shape index (κ2) is 7.55. The maximum Gasteiger partial charge on any atom is 0.191 e. The summed E-state index contributed by atoms with van der Waals surface area (Å²) in [5, 5.41) is 6.81. The zero-order chi connectivity index (χ0) is 16.1. The molecule has 0 bridgehead atoms. The Balaban J connectivity index is 1.53. The molecule has 1 unspecified atom stereocenters. The van der Waals surface area contributed by atoms with E-state index in [4.69, 9.17) is 4.42 Å². The normalized spacial score (nSPS) is 18.3. The van der Waals surface area contributed by atoms with Gasteiger partial charge >= 0.3 is 0 Å². The maximum absolute atomic E-state index is 5.08. The quantitative estimate of drug-likeness (QED) is 0.636. The van der Waals surface area contributed by atoms with Gasteiger partial charge in [-0.2, -0.15) is 0 Å². The van der Waals surface area contributed by atoms with Crippen LogP contribution in [0.3, 0.4) is 0 Å². The van der Waals surface area contributed by atoms with Crippen molar-refractivity contribution in [3.63, 3.8) is 0 Å². The van der Waals surface area contributed by atoms with Crippen LogP contribution in [-0.2, 0) is 6.54 Å². The fourth-order valence-electron chi connectivity index (χ4n) is 2.77. The second-order valence-electron chi connectivity index (χ2n) is 5.58. The van der Waals surface area contributed by atoms with E-state index in [-0.39, 0.29) is 0 Å². The summed E-state index contributed by atoms with van der Waals surface area (Å²) < 4.78 is 6.22. The van der Waals surface area contributed by atoms with Crippen LogP contribution < -0.4 is 15.5 Å². The van der Waals surface area contributed by atoms with Crippen molar-refractivity contribution in [3.05, 3.63) is 52.9 Å². The van der Waals surface area contributed by atoms with Crippen molar-refractivity contribution in [2.45, 2.75) is 19.0 Å². The molecule has 6 heteroatoms. The lowest BCUT2D eigenvalue weighted by Gasteiger charge is -2.21. The number of hydrogen-bond donors (Lipinski definition) is 2. The summed E-state index contributed by atoms with van der Waals surface area (Å²) in [5.74, 6) is 0.824. The minimum atomic E-state index is 0.387. The summed E-state index contributed by atoms with van der Waals surface area (Å²) >= 11 is 3.63. The molecular formula is C17H21BrN4O. The van der Waals surface area contributed by atoms with E-state index >= 15 is 0 Å². The van der Waals surface area contributed by atoms with Gasteiger partial charge in [0.2, 0.25) is 0 Å². The average molecular weight is 377 g/mol. The molecule has 1 fully saturated rings. The van der Waals surface area contributed by atoms with Crippen molar-refractivity contribution in [3.8, 4) is 0 Å². The van der Waals surface area contributed by atoms with Crippen LogP contribution in [0.15, 0.2) is 56.7 Å². The summed E-state index contributed by atoms with van der Waals surface area (Å²) in [4.78, 5) is 6.70. The number of halogens is 1. The van der Waals surface area contributed by atoms with Gasteiger partial charge in [0.1, 0.15) is 0 Å². The monoisotopic (exact) mass is 376 g/mol. The van der Waals surface area contributed by atoms with E-state index in [9.17, 15) is 0 Å². The number of benzene rings is 1. The number of nitrogens with one attached hydrogen (secondary N) is 2. The summed E-state index contributed by atoms with van der Waals surface area (Å²) in [6.45, 7) is 2.71. The van der Waals surface area contributed by atoms with Crippen molar-refractivity contribution in [2.24, 2.45) is 4.99 Å². The highest BCUT2D eigenvalue weighted by Crippen LogP contribution is 2.28. The van der Waals surface area contributed by atoms with Gasteiger partial charge in [-0.3, -0.25) is 4.99 Å². The van der Waals surface area contributed by atoms with Gasteiger partial charge in [0.05, 0.1) is 18.2 Å². The Morgan fingerprint density at radius 2 is 2.26 bits per heavy atom. The number of para-hydroxylation sites is 1. The van der Waals surface area contributed by atoms with E-state index in [2.05, 4.69) is 54.7 Å². The highest BCUT2D eigenvalue weighted by atomic mass is 79.9. The molecule has 1 aliphatic heterocycles. The molecule has 1 aromatic carbocycles. The molecule has 1 aromatic heterocycles. The lowest BCUT2D eigenvalue weighted by molar-refractivity contribution is 0.562. The Morgan fingerprint density at radius 3 is 3.00 bits per heavy atom. The van der Waals surface area contributed by atoms with Gasteiger partial charge in [-0.25, -0.2) is 0 Å². The van der Waals surface area contributed by atoms with Gasteiger partial charge in [-0.1, -0.05) is 12.1 Å². The van der Waals surface area contributed by atoms with Crippen molar-refractivity contribution in [1.29, 1.82) is 0 Å². The number of furan rings is 1. The molecule has 0 spiro atoms. The van der Waals surface area contributed by atoms with E-state index in [1.165, 1.54) is 5.69 Å². The number of guanidine groups is 1. The Hall–Kier alpha value is -1.95. The second-order valence-corrected chi connectivity index (χ2v) is 6.44. The van der Waals surface area contributed by atoms with Crippen LogP contribution in [-0.4, -0.2) is 32.1 Å². The summed E-state index contributed by atoms with van der Waals surface area (Å²) in [6.07, 6.45) is 4.51. The average Bonchev–Trinajstić information content (AvgIpc) is 3.23. The Morgan fingerprint density at radius 1 is 1.39 bits per heavy atom. The molecule has 1 aliphatic rings. The van der Waals surface area contributed by atoms with Crippen LogP contribution in [0.2, 0.25) is 0 Å². The van der Waals surface area contributed by atoms with Gasteiger partial charge in [-0.05, 0) is 40.5 Å². The van der Waals surface area contributed by atoms with Crippen molar-refractivity contribution >= 4 is 27.6 Å². The number of anilines is 1. The zero-order valence-corrected chi connectivity index (χ0v) is 14.7. The van der Waals surface area contributed by atoms with Gasteiger partial charge in [0.15, 0.2) is 5.96 Å². The number of hydrogen-bond acceptors (Lipinski definition) is 3. The molecule has 3 rings (SSSR count). The van der Waals surface area contributed by atoms with Crippen molar-refractivity contribution in [2.75, 3.05) is 25.0 Å². The van der Waals surface area contributed by atoms with Crippen molar-refractivity contribution < 1.29 is 4.42 Å². The molecule has 122 valence electrons. The third-order valence-electron chi connectivity index (χ3n) is 3.99. The fourth-order valence-corrected chi connectivity index (χ4v) is 3.31. The predicted octanol–water partition coefficient (Wildman–Crippen LogP) is 2.99. The van der Waals surface area contributed by atoms with Crippen LogP contribution in [0, 0.1) is 0 Å². The van der Waals surface area contributed by atoms with Crippen LogP contribution in [0.1, 0.15) is 12.0 Å². The Bertz CT molecular complexity index is 656. The Labute approximate surface area is 144 Å². The number of rotatable bonds is 4. The standard InChI is InChI=1S/C17H21BrN4O/c1-19-17(20-10-13-7-9-23-12-13)21-14-6-8-22(11-14)16-5-3-2-4-15(16)18/h2-5,7,9,12,14H,6,8,10-11H2,1H3,(H2,19,20,21). The lowest BCUT2D eigenvalue weighted by Crippen LogP contribution is -2.44. The molecule has 2 aromatic rings. The fraction of sp³-hybridized carbons (Fsp3) is 0.353. The van der Waals surface area contributed by atoms with E-state index in [0.717, 1.165) is 35.5 Å². The molecule has 23 heavy (non-hydrogen) atoms. The molecule has 2 N–H and O–H groups in total. The predicted molar refractivity (Wildman–Crippen MR) is 96.8 cm³/mol. The molecule has 5 nitrogen and oxygen atoms in total. The first kappa shape index (κ1) is 15.9. The molecule has 1 atom stereocenters. The van der Waals surface area contributed by atoms with Gasteiger partial charge in [0.25, 0.3) is 0 Å². The SMILES string of the molecule is CN=C(NCc1ccoc1)NC1CCN(c2ccccc2Br)C1. The lowest BCUT2D eigenvalue weighted by atomic mass is 10.2. The van der Waals surface area contributed by atoms with Crippen LogP contribution >= 0.6 is 15.9 Å². The molecule has 2 heterocycles. The van der Waals surface area contributed by atoms with E-state index in [0.29, 0.717) is 12.6 Å². The van der Waals surface area contributed by atoms with Gasteiger partial charge in [0, 0.05) is 42.8 Å². The smallest absolute Gasteiger partial charge is 0.191 e. The molecule has 1 saturated heterocycles. The van der Waals surface area contributed by atoms with Crippen LogP contribution in [0.25, 0.3) is 0 Å². The molecule has 0 aliphatic carbocycles. The maximum atomic E-state index is 5.08. The minimum absolute atomic E-state index is 0.387. The first-order chi connectivity index (χ1) is 11.3. The first-order valence-corrected chi connectivity index (χ1v) is 8.53. The summed E-state index contributed by atoms with van der Waals surface area (Å²) in [7, 11) is 1.80. The Kier molecular flexibility index (Phi) is 5.23. The number of nitrogens with zero attached hydrogens (tertiary/aromatic N) is 2. The molecule has 0 radical (unpaired) electrons. The molecular weight excluding hydrogens is 356 g/mol. The van der Waals surface area contributed by atoms with Crippen LogP contribution in [0.4, 0.5) is 5.69 Å².